The third-order valence-corrected chi connectivity index (χ3v) is 5.51. The van der Waals surface area contributed by atoms with Gasteiger partial charge in [0.15, 0.2) is 11.6 Å². The van der Waals surface area contributed by atoms with Gasteiger partial charge in [-0.1, -0.05) is 12.1 Å². The molecule has 0 spiro atoms. The maximum atomic E-state index is 13.6. The first-order chi connectivity index (χ1) is 14.6. The lowest BCUT2D eigenvalue weighted by molar-refractivity contribution is -0.132. The maximum Gasteiger partial charge on any atom is 0.223 e. The molecule has 1 aromatic carbocycles. The van der Waals surface area contributed by atoms with E-state index in [2.05, 4.69) is 15.2 Å². The van der Waals surface area contributed by atoms with E-state index in [0.717, 1.165) is 41.8 Å². The summed E-state index contributed by atoms with van der Waals surface area (Å²) in [6, 6.07) is 8.26. The monoisotopic (exact) mass is 408 g/mol. The summed E-state index contributed by atoms with van der Waals surface area (Å²) in [5, 5.41) is 7.38. The molecule has 3 heterocycles. The molecule has 1 N–H and O–H groups in total. The number of aromatic amines is 1. The fourth-order valence-corrected chi connectivity index (χ4v) is 4.02. The van der Waals surface area contributed by atoms with Crippen LogP contribution >= 0.6 is 0 Å². The highest BCUT2D eigenvalue weighted by atomic mass is 19.1. The number of hydrogen-bond acceptors (Lipinski definition) is 4. The van der Waals surface area contributed by atoms with Gasteiger partial charge in [-0.05, 0) is 55.5 Å². The van der Waals surface area contributed by atoms with E-state index in [1.807, 2.05) is 30.3 Å². The van der Waals surface area contributed by atoms with Crippen molar-refractivity contribution in [1.29, 1.82) is 0 Å². The number of rotatable bonds is 7. The molecule has 156 valence electrons. The van der Waals surface area contributed by atoms with Crippen LogP contribution in [0.3, 0.4) is 0 Å². The van der Waals surface area contributed by atoms with Crippen LogP contribution in [-0.4, -0.2) is 39.1 Å². The number of likely N-dealkylation sites (tertiary alicyclic amines) is 1. The minimum absolute atomic E-state index is 0.0185. The molecule has 7 heteroatoms. The Morgan fingerprint density at radius 1 is 1.27 bits per heavy atom. The molecule has 1 aliphatic heterocycles. The van der Waals surface area contributed by atoms with Crippen LogP contribution in [0.5, 0.6) is 5.75 Å². The van der Waals surface area contributed by atoms with Crippen molar-refractivity contribution in [2.45, 2.75) is 38.6 Å². The molecular formula is C23H25FN4O2. The van der Waals surface area contributed by atoms with Crippen LogP contribution in [0.25, 0.3) is 11.1 Å². The number of pyridine rings is 1. The summed E-state index contributed by atoms with van der Waals surface area (Å²) in [6.45, 7) is 3.05. The number of amides is 1. The van der Waals surface area contributed by atoms with Crippen molar-refractivity contribution in [3.05, 3.63) is 66.0 Å². The normalized spacial score (nSPS) is 16.1. The fourth-order valence-electron chi connectivity index (χ4n) is 4.02. The van der Waals surface area contributed by atoms with Gasteiger partial charge in [-0.15, -0.1) is 0 Å². The second-order valence-corrected chi connectivity index (χ2v) is 7.52. The molecule has 6 nitrogen and oxygen atoms in total. The van der Waals surface area contributed by atoms with E-state index in [9.17, 15) is 9.18 Å². The summed E-state index contributed by atoms with van der Waals surface area (Å²) < 4.78 is 19.1. The van der Waals surface area contributed by atoms with E-state index in [1.54, 1.807) is 24.4 Å². The van der Waals surface area contributed by atoms with Crippen LogP contribution < -0.4 is 4.74 Å². The van der Waals surface area contributed by atoms with E-state index < -0.39 is 0 Å². The van der Waals surface area contributed by atoms with Crippen LogP contribution in [0.4, 0.5) is 4.39 Å². The predicted octanol–water partition coefficient (Wildman–Crippen LogP) is 4.44. The second kappa shape index (κ2) is 9.07. The molecule has 1 unspecified atom stereocenters. The highest BCUT2D eigenvalue weighted by Crippen LogP contribution is 2.37. The van der Waals surface area contributed by atoms with Gasteiger partial charge >= 0.3 is 0 Å². The van der Waals surface area contributed by atoms with Gasteiger partial charge in [0.25, 0.3) is 0 Å². The van der Waals surface area contributed by atoms with Gasteiger partial charge in [0, 0.05) is 30.9 Å². The SMILES string of the molecule is Cc1cnccc1-c1cn[nH]c1C1CCCN1C(=O)CCCOc1ccccc1F. The molecule has 1 amide bonds. The third-order valence-electron chi connectivity index (χ3n) is 5.51. The van der Waals surface area contributed by atoms with Gasteiger partial charge < -0.3 is 9.64 Å². The molecule has 0 bridgehead atoms. The Labute approximate surface area is 175 Å². The minimum Gasteiger partial charge on any atom is -0.491 e. The zero-order valence-corrected chi connectivity index (χ0v) is 17.0. The summed E-state index contributed by atoms with van der Waals surface area (Å²) in [5.74, 6) is -0.0814. The lowest BCUT2D eigenvalue weighted by Gasteiger charge is -2.25. The molecule has 3 aromatic rings. The number of nitrogens with zero attached hydrogens (tertiary/aromatic N) is 3. The van der Waals surface area contributed by atoms with Gasteiger partial charge in [0.2, 0.25) is 5.91 Å². The summed E-state index contributed by atoms with van der Waals surface area (Å²) in [5.41, 5.74) is 4.13. The molecule has 4 rings (SSSR count). The minimum atomic E-state index is -0.387. The summed E-state index contributed by atoms with van der Waals surface area (Å²) in [6.07, 6.45) is 8.18. The molecule has 0 aliphatic carbocycles. The number of nitrogens with one attached hydrogen (secondary N) is 1. The molecule has 0 radical (unpaired) electrons. The molecule has 1 fully saturated rings. The van der Waals surface area contributed by atoms with Gasteiger partial charge in [-0.25, -0.2) is 4.39 Å². The Hall–Kier alpha value is -3.22. The molecule has 1 aliphatic rings. The van der Waals surface area contributed by atoms with E-state index in [0.29, 0.717) is 19.4 Å². The van der Waals surface area contributed by atoms with Crippen LogP contribution in [-0.2, 0) is 4.79 Å². The number of ether oxygens (including phenoxy) is 1. The zero-order chi connectivity index (χ0) is 20.9. The van der Waals surface area contributed by atoms with Crippen LogP contribution in [0.15, 0.2) is 48.9 Å². The van der Waals surface area contributed by atoms with Crippen LogP contribution in [0.2, 0.25) is 0 Å². The highest BCUT2D eigenvalue weighted by Gasteiger charge is 2.32. The quantitative estimate of drug-likeness (QED) is 0.587. The number of hydrogen-bond donors (Lipinski definition) is 1. The molecule has 30 heavy (non-hydrogen) atoms. The lowest BCUT2D eigenvalue weighted by Crippen LogP contribution is -2.31. The van der Waals surface area contributed by atoms with Crippen molar-refractivity contribution in [2.75, 3.05) is 13.2 Å². The highest BCUT2D eigenvalue weighted by molar-refractivity contribution is 5.78. The predicted molar refractivity (Wildman–Crippen MR) is 111 cm³/mol. The number of aryl methyl sites for hydroxylation is 1. The first kappa shape index (κ1) is 20.1. The zero-order valence-electron chi connectivity index (χ0n) is 17.0. The topological polar surface area (TPSA) is 71.1 Å². The lowest BCUT2D eigenvalue weighted by atomic mass is 9.98. The molecule has 2 aromatic heterocycles. The first-order valence-corrected chi connectivity index (χ1v) is 10.3. The van der Waals surface area contributed by atoms with E-state index in [1.165, 1.54) is 6.07 Å². The van der Waals surface area contributed by atoms with Gasteiger partial charge in [-0.2, -0.15) is 5.10 Å². The van der Waals surface area contributed by atoms with Crippen molar-refractivity contribution < 1.29 is 13.9 Å². The molecule has 1 saturated heterocycles. The maximum absolute atomic E-state index is 13.6. The molecule has 0 saturated carbocycles. The van der Waals surface area contributed by atoms with Crippen molar-refractivity contribution in [1.82, 2.24) is 20.1 Å². The third kappa shape index (κ3) is 4.20. The Morgan fingerprint density at radius 3 is 2.97 bits per heavy atom. The Bertz CT molecular complexity index is 1020. The average Bonchev–Trinajstić information content (AvgIpc) is 3.42. The second-order valence-electron chi connectivity index (χ2n) is 7.52. The van der Waals surface area contributed by atoms with Crippen molar-refractivity contribution in [3.63, 3.8) is 0 Å². The Balaban J connectivity index is 1.40. The Kier molecular flexibility index (Phi) is 6.07. The summed E-state index contributed by atoms with van der Waals surface area (Å²) in [4.78, 5) is 19.0. The number of para-hydroxylation sites is 1. The number of carbonyl (C=O) groups excluding carboxylic acids is 1. The number of aromatic nitrogens is 3. The average molecular weight is 408 g/mol. The molecule has 1 atom stereocenters. The van der Waals surface area contributed by atoms with Crippen molar-refractivity contribution in [2.24, 2.45) is 0 Å². The number of halogens is 1. The number of carbonyl (C=O) groups is 1. The van der Waals surface area contributed by atoms with Crippen molar-refractivity contribution >= 4 is 5.91 Å². The smallest absolute Gasteiger partial charge is 0.223 e. The van der Waals surface area contributed by atoms with Gasteiger partial charge in [-0.3, -0.25) is 14.9 Å². The largest absolute Gasteiger partial charge is 0.491 e. The summed E-state index contributed by atoms with van der Waals surface area (Å²) in [7, 11) is 0. The van der Waals surface area contributed by atoms with Gasteiger partial charge in [0.1, 0.15) is 0 Å². The summed E-state index contributed by atoms with van der Waals surface area (Å²) >= 11 is 0. The standard InChI is InChI=1S/C23H25FN4O2/c1-16-14-25-11-10-17(16)18-15-26-27-23(18)20-7-4-12-28(20)22(29)9-5-13-30-21-8-3-2-6-19(21)24/h2-3,6,8,10-11,14-15,20H,4-5,7,9,12-13H2,1H3,(H,26,27). The van der Waals surface area contributed by atoms with E-state index in [4.69, 9.17) is 4.74 Å². The number of benzene rings is 1. The first-order valence-electron chi connectivity index (χ1n) is 10.3. The van der Waals surface area contributed by atoms with Crippen molar-refractivity contribution in [3.8, 4) is 16.9 Å². The Morgan fingerprint density at radius 2 is 2.13 bits per heavy atom. The fraction of sp³-hybridized carbons (Fsp3) is 0.348. The van der Waals surface area contributed by atoms with E-state index in [-0.39, 0.29) is 23.5 Å². The van der Waals surface area contributed by atoms with Crippen LogP contribution in [0.1, 0.15) is 43.0 Å². The van der Waals surface area contributed by atoms with Gasteiger partial charge in [0.05, 0.1) is 24.5 Å². The van der Waals surface area contributed by atoms with Crippen LogP contribution in [0, 0.1) is 12.7 Å². The number of H-pyrrole nitrogens is 1. The molecular weight excluding hydrogens is 383 g/mol. The van der Waals surface area contributed by atoms with E-state index >= 15 is 0 Å².